The second-order valence-corrected chi connectivity index (χ2v) is 5.55. The molecular formula is C13H19Cl. The molecular weight excluding hydrogens is 192 g/mol. The van der Waals surface area contributed by atoms with Gasteiger partial charge in [-0.15, -0.1) is 0 Å². The summed E-state index contributed by atoms with van der Waals surface area (Å²) in [7, 11) is 0. The predicted octanol–water partition coefficient (Wildman–Crippen LogP) is 4.76. The van der Waals surface area contributed by atoms with E-state index in [1.54, 1.807) is 0 Å². The Morgan fingerprint density at radius 3 is 2.07 bits per heavy atom. The van der Waals surface area contributed by atoms with Crippen molar-refractivity contribution in [3.8, 4) is 0 Å². The smallest absolute Gasteiger partial charge is 0.0446 e. The molecule has 0 spiro atoms. The molecule has 0 aliphatic rings. The van der Waals surface area contributed by atoms with Crippen LogP contribution in [0.4, 0.5) is 0 Å². The van der Waals surface area contributed by atoms with Gasteiger partial charge in [0.25, 0.3) is 0 Å². The summed E-state index contributed by atoms with van der Waals surface area (Å²) in [6.07, 6.45) is 0. The van der Waals surface area contributed by atoms with E-state index < -0.39 is 0 Å². The normalized spacial score (nSPS) is 12.2. The first-order chi connectivity index (χ1) is 6.32. The van der Waals surface area contributed by atoms with Crippen LogP contribution in [0.5, 0.6) is 0 Å². The van der Waals surface area contributed by atoms with Crippen LogP contribution in [0, 0.1) is 0 Å². The fraction of sp³-hybridized carbons (Fsp3) is 0.538. The molecule has 0 bridgehead atoms. The third-order valence-electron chi connectivity index (χ3n) is 2.47. The number of rotatable bonds is 1. The first-order valence-electron chi connectivity index (χ1n) is 5.12. The maximum absolute atomic E-state index is 6.26. The van der Waals surface area contributed by atoms with Crippen LogP contribution in [0.1, 0.15) is 51.7 Å². The van der Waals surface area contributed by atoms with E-state index in [1.807, 2.05) is 0 Å². The van der Waals surface area contributed by atoms with Crippen molar-refractivity contribution in [2.45, 2.75) is 46.0 Å². The van der Waals surface area contributed by atoms with E-state index >= 15 is 0 Å². The van der Waals surface area contributed by atoms with Crippen molar-refractivity contribution in [3.63, 3.8) is 0 Å². The van der Waals surface area contributed by atoms with Gasteiger partial charge in [-0.05, 0) is 28.5 Å². The highest BCUT2D eigenvalue weighted by molar-refractivity contribution is 6.31. The zero-order valence-corrected chi connectivity index (χ0v) is 10.4. The van der Waals surface area contributed by atoms with Crippen molar-refractivity contribution < 1.29 is 0 Å². The van der Waals surface area contributed by atoms with Crippen molar-refractivity contribution in [1.82, 2.24) is 0 Å². The molecule has 0 fully saturated rings. The molecule has 0 radical (unpaired) electrons. The van der Waals surface area contributed by atoms with Crippen LogP contribution in [0.25, 0.3) is 0 Å². The van der Waals surface area contributed by atoms with E-state index in [4.69, 9.17) is 11.6 Å². The molecule has 1 rings (SSSR count). The maximum Gasteiger partial charge on any atom is 0.0446 e. The van der Waals surface area contributed by atoms with Crippen molar-refractivity contribution in [2.24, 2.45) is 0 Å². The fourth-order valence-electron chi connectivity index (χ4n) is 1.50. The zero-order valence-electron chi connectivity index (χ0n) is 9.69. The number of hydrogen-bond donors (Lipinski definition) is 0. The lowest BCUT2D eigenvalue weighted by molar-refractivity contribution is 0.590. The molecule has 0 unspecified atom stereocenters. The van der Waals surface area contributed by atoms with Gasteiger partial charge in [-0.3, -0.25) is 0 Å². The molecule has 0 amide bonds. The van der Waals surface area contributed by atoms with Gasteiger partial charge in [-0.25, -0.2) is 0 Å². The Morgan fingerprint density at radius 1 is 1.14 bits per heavy atom. The number of halogens is 1. The van der Waals surface area contributed by atoms with Crippen LogP contribution in [0.15, 0.2) is 18.2 Å². The summed E-state index contributed by atoms with van der Waals surface area (Å²) in [5.41, 5.74) is 2.67. The van der Waals surface area contributed by atoms with E-state index in [-0.39, 0.29) is 5.41 Å². The molecule has 0 atom stereocenters. The van der Waals surface area contributed by atoms with Gasteiger partial charge in [-0.2, -0.15) is 0 Å². The summed E-state index contributed by atoms with van der Waals surface area (Å²) >= 11 is 6.26. The van der Waals surface area contributed by atoms with Gasteiger partial charge < -0.3 is 0 Å². The lowest BCUT2D eigenvalue weighted by Gasteiger charge is -2.21. The molecule has 0 aromatic heterocycles. The summed E-state index contributed by atoms with van der Waals surface area (Å²) in [5.74, 6) is 0.543. The van der Waals surface area contributed by atoms with Crippen LogP contribution < -0.4 is 0 Å². The van der Waals surface area contributed by atoms with Gasteiger partial charge in [-0.1, -0.05) is 58.4 Å². The van der Waals surface area contributed by atoms with Gasteiger partial charge in [0.1, 0.15) is 0 Å². The molecule has 0 aliphatic carbocycles. The Kier molecular flexibility index (Phi) is 3.26. The molecule has 1 aromatic rings. The first-order valence-corrected chi connectivity index (χ1v) is 5.50. The lowest BCUT2D eigenvalue weighted by Crippen LogP contribution is -2.11. The quantitative estimate of drug-likeness (QED) is 0.627. The van der Waals surface area contributed by atoms with E-state index in [1.165, 1.54) is 11.1 Å². The van der Waals surface area contributed by atoms with Gasteiger partial charge in [0.05, 0.1) is 0 Å². The van der Waals surface area contributed by atoms with Crippen molar-refractivity contribution >= 4 is 11.6 Å². The predicted molar refractivity (Wildman–Crippen MR) is 64.2 cm³/mol. The summed E-state index contributed by atoms with van der Waals surface area (Å²) in [6.45, 7) is 10.9. The van der Waals surface area contributed by atoms with Crippen molar-refractivity contribution in [1.29, 1.82) is 0 Å². The Balaban J connectivity index is 3.15. The largest absolute Gasteiger partial charge is 0.0840 e. The standard InChI is InChI=1S/C13H19Cl/c1-9(2)10-6-7-11(12(14)8-10)13(3,4)5/h6-9H,1-5H3. The molecule has 1 aromatic carbocycles. The molecule has 0 saturated carbocycles. The monoisotopic (exact) mass is 210 g/mol. The molecule has 0 nitrogen and oxygen atoms in total. The molecule has 0 N–H and O–H groups in total. The minimum absolute atomic E-state index is 0.132. The Hall–Kier alpha value is -0.490. The Morgan fingerprint density at radius 2 is 1.71 bits per heavy atom. The van der Waals surface area contributed by atoms with E-state index in [0.717, 1.165) is 5.02 Å². The van der Waals surface area contributed by atoms with Crippen molar-refractivity contribution in [2.75, 3.05) is 0 Å². The second kappa shape index (κ2) is 3.94. The molecule has 0 aliphatic heterocycles. The topological polar surface area (TPSA) is 0 Å². The van der Waals surface area contributed by atoms with Crippen LogP contribution in [0.2, 0.25) is 5.02 Å². The van der Waals surface area contributed by atoms with Crippen molar-refractivity contribution in [3.05, 3.63) is 34.3 Å². The number of hydrogen-bond acceptors (Lipinski definition) is 0. The van der Waals surface area contributed by atoms with Crippen LogP contribution >= 0.6 is 11.6 Å². The van der Waals surface area contributed by atoms with Crippen LogP contribution in [-0.4, -0.2) is 0 Å². The molecule has 1 heteroatoms. The van der Waals surface area contributed by atoms with Gasteiger partial charge in [0.2, 0.25) is 0 Å². The Labute approximate surface area is 92.3 Å². The minimum atomic E-state index is 0.132. The second-order valence-electron chi connectivity index (χ2n) is 5.14. The number of benzene rings is 1. The summed E-state index contributed by atoms with van der Waals surface area (Å²) < 4.78 is 0. The van der Waals surface area contributed by atoms with E-state index in [2.05, 4.69) is 52.8 Å². The highest BCUT2D eigenvalue weighted by Crippen LogP contribution is 2.31. The third kappa shape index (κ3) is 2.51. The maximum atomic E-state index is 6.26. The van der Waals surface area contributed by atoms with E-state index in [9.17, 15) is 0 Å². The molecule has 14 heavy (non-hydrogen) atoms. The molecule has 78 valence electrons. The van der Waals surface area contributed by atoms with Gasteiger partial charge in [0, 0.05) is 5.02 Å². The lowest BCUT2D eigenvalue weighted by atomic mass is 9.86. The average molecular weight is 211 g/mol. The molecule has 0 saturated heterocycles. The Bertz CT molecular complexity index is 318. The van der Waals surface area contributed by atoms with Gasteiger partial charge in [0.15, 0.2) is 0 Å². The van der Waals surface area contributed by atoms with E-state index in [0.29, 0.717) is 5.92 Å². The highest BCUT2D eigenvalue weighted by atomic mass is 35.5. The molecule has 0 heterocycles. The fourth-order valence-corrected chi connectivity index (χ4v) is 1.97. The minimum Gasteiger partial charge on any atom is -0.0840 e. The van der Waals surface area contributed by atoms with Crippen LogP contribution in [0.3, 0.4) is 0 Å². The van der Waals surface area contributed by atoms with Crippen LogP contribution in [-0.2, 0) is 5.41 Å². The summed E-state index contributed by atoms with van der Waals surface area (Å²) in [4.78, 5) is 0. The SMILES string of the molecule is CC(C)c1ccc(C(C)(C)C)c(Cl)c1. The highest BCUT2D eigenvalue weighted by Gasteiger charge is 2.17. The van der Waals surface area contributed by atoms with Gasteiger partial charge >= 0.3 is 0 Å². The zero-order chi connectivity index (χ0) is 10.9. The summed E-state index contributed by atoms with van der Waals surface area (Å²) in [6, 6.07) is 6.42. The summed E-state index contributed by atoms with van der Waals surface area (Å²) in [5, 5.41) is 0.892. The third-order valence-corrected chi connectivity index (χ3v) is 2.78. The first kappa shape index (κ1) is 11.6. The average Bonchev–Trinajstić information content (AvgIpc) is 2.01.